The van der Waals surface area contributed by atoms with E-state index in [-0.39, 0.29) is 24.1 Å². The molecule has 1 amide bonds. The van der Waals surface area contributed by atoms with Crippen LogP contribution in [0.15, 0.2) is 47.0 Å². The lowest BCUT2D eigenvalue weighted by molar-refractivity contribution is -0.117. The Morgan fingerprint density at radius 3 is 2.89 bits per heavy atom. The van der Waals surface area contributed by atoms with Crippen LogP contribution in [0.25, 0.3) is 11.5 Å². The monoisotopic (exact) mass is 381 g/mol. The average molecular weight is 381 g/mol. The minimum absolute atomic E-state index is 0.0886. The number of ether oxygens (including phenoxy) is 1. The molecule has 1 unspecified atom stereocenters. The molecule has 2 heterocycles. The van der Waals surface area contributed by atoms with E-state index < -0.39 is 0 Å². The van der Waals surface area contributed by atoms with Gasteiger partial charge in [0.15, 0.2) is 5.82 Å². The standard InChI is InChI=1S/C21H20FN3O3/c1-3-27-18-7-5-4-6-16(18)21-23-20(24-28-21)14-10-19(26)25(12-14)15-9-8-13(2)17(22)11-15/h4-9,11,14H,3,10,12H2,1-2H3. The van der Waals surface area contributed by atoms with E-state index in [0.29, 0.717) is 47.4 Å². The molecular weight excluding hydrogens is 361 g/mol. The summed E-state index contributed by atoms with van der Waals surface area (Å²) in [4.78, 5) is 18.5. The number of rotatable bonds is 5. The summed E-state index contributed by atoms with van der Waals surface area (Å²) in [7, 11) is 0. The minimum atomic E-state index is -0.330. The molecule has 0 spiro atoms. The first-order valence-electron chi connectivity index (χ1n) is 9.19. The van der Waals surface area contributed by atoms with Gasteiger partial charge in [-0.2, -0.15) is 4.98 Å². The van der Waals surface area contributed by atoms with Gasteiger partial charge in [0.1, 0.15) is 11.6 Å². The molecule has 0 radical (unpaired) electrons. The van der Waals surface area contributed by atoms with Gasteiger partial charge in [-0.3, -0.25) is 4.79 Å². The number of aromatic nitrogens is 2. The predicted octanol–water partition coefficient (Wildman–Crippen LogP) is 4.10. The molecule has 1 atom stereocenters. The highest BCUT2D eigenvalue weighted by molar-refractivity contribution is 5.96. The number of amides is 1. The molecule has 2 aromatic carbocycles. The Morgan fingerprint density at radius 1 is 1.29 bits per heavy atom. The lowest BCUT2D eigenvalue weighted by Crippen LogP contribution is -2.24. The van der Waals surface area contributed by atoms with Crippen LogP contribution in [-0.2, 0) is 4.79 Å². The second-order valence-corrected chi connectivity index (χ2v) is 6.73. The molecule has 3 aromatic rings. The van der Waals surface area contributed by atoms with E-state index >= 15 is 0 Å². The van der Waals surface area contributed by atoms with Crippen molar-refractivity contribution in [3.05, 3.63) is 59.7 Å². The summed E-state index contributed by atoms with van der Waals surface area (Å²) < 4.78 is 24.9. The van der Waals surface area contributed by atoms with E-state index in [0.717, 1.165) is 0 Å². The number of aryl methyl sites for hydroxylation is 1. The molecule has 1 aromatic heterocycles. The van der Waals surface area contributed by atoms with Gasteiger partial charge in [-0.05, 0) is 43.7 Å². The topological polar surface area (TPSA) is 68.5 Å². The largest absolute Gasteiger partial charge is 0.493 e. The number of hydrogen-bond acceptors (Lipinski definition) is 5. The van der Waals surface area contributed by atoms with E-state index in [1.54, 1.807) is 24.0 Å². The number of carbonyl (C=O) groups excluding carboxylic acids is 1. The molecule has 0 aliphatic carbocycles. The van der Waals surface area contributed by atoms with Gasteiger partial charge < -0.3 is 14.2 Å². The van der Waals surface area contributed by atoms with Crippen LogP contribution in [0.3, 0.4) is 0 Å². The van der Waals surface area contributed by atoms with Crippen LogP contribution in [-0.4, -0.2) is 29.2 Å². The molecule has 144 valence electrons. The highest BCUT2D eigenvalue weighted by Crippen LogP contribution is 2.34. The number of carbonyl (C=O) groups is 1. The number of benzene rings is 2. The molecule has 1 saturated heterocycles. The van der Waals surface area contributed by atoms with Crippen LogP contribution < -0.4 is 9.64 Å². The second kappa shape index (κ2) is 7.42. The van der Waals surface area contributed by atoms with Gasteiger partial charge in [0, 0.05) is 24.6 Å². The van der Waals surface area contributed by atoms with Crippen molar-refractivity contribution in [1.29, 1.82) is 0 Å². The molecule has 28 heavy (non-hydrogen) atoms. The Hall–Kier alpha value is -3.22. The van der Waals surface area contributed by atoms with Gasteiger partial charge in [-0.1, -0.05) is 23.4 Å². The summed E-state index contributed by atoms with van der Waals surface area (Å²) in [6.07, 6.45) is 0.252. The molecule has 7 heteroatoms. The van der Waals surface area contributed by atoms with Crippen molar-refractivity contribution in [2.45, 2.75) is 26.2 Å². The quantitative estimate of drug-likeness (QED) is 0.665. The average Bonchev–Trinajstić information content (AvgIpc) is 3.32. The van der Waals surface area contributed by atoms with E-state index in [1.165, 1.54) is 6.07 Å². The summed E-state index contributed by atoms with van der Waals surface area (Å²) >= 11 is 0. The molecule has 6 nitrogen and oxygen atoms in total. The Balaban J connectivity index is 1.57. The first kappa shape index (κ1) is 18.2. The summed E-state index contributed by atoms with van der Waals surface area (Å²) in [5.41, 5.74) is 1.80. The molecule has 0 bridgehead atoms. The van der Waals surface area contributed by atoms with Gasteiger partial charge in [0.2, 0.25) is 5.91 Å². The Kier molecular flexibility index (Phi) is 4.81. The maximum absolute atomic E-state index is 13.9. The SMILES string of the molecule is CCOc1ccccc1-c1nc(C2CC(=O)N(c3ccc(C)c(F)c3)C2)no1. The van der Waals surface area contributed by atoms with Crippen LogP contribution in [0.4, 0.5) is 10.1 Å². The summed E-state index contributed by atoms with van der Waals surface area (Å²) in [5, 5.41) is 4.08. The predicted molar refractivity (Wildman–Crippen MR) is 102 cm³/mol. The second-order valence-electron chi connectivity index (χ2n) is 6.73. The molecule has 1 fully saturated rings. The van der Waals surface area contributed by atoms with E-state index in [4.69, 9.17) is 9.26 Å². The van der Waals surface area contributed by atoms with E-state index in [2.05, 4.69) is 10.1 Å². The fourth-order valence-electron chi connectivity index (χ4n) is 3.31. The third-order valence-electron chi connectivity index (χ3n) is 4.82. The minimum Gasteiger partial charge on any atom is -0.493 e. The zero-order valence-electron chi connectivity index (χ0n) is 15.7. The first-order valence-corrected chi connectivity index (χ1v) is 9.19. The number of nitrogens with zero attached hydrogens (tertiary/aromatic N) is 3. The van der Waals surface area contributed by atoms with Crippen LogP contribution in [0.2, 0.25) is 0 Å². The first-order chi connectivity index (χ1) is 13.6. The highest BCUT2D eigenvalue weighted by atomic mass is 19.1. The number of hydrogen-bond donors (Lipinski definition) is 0. The smallest absolute Gasteiger partial charge is 0.261 e. The normalized spacial score (nSPS) is 16.6. The van der Waals surface area contributed by atoms with Crippen molar-refractivity contribution < 1.29 is 18.4 Å². The van der Waals surface area contributed by atoms with Crippen LogP contribution in [0, 0.1) is 12.7 Å². The molecular formula is C21H20FN3O3. The van der Waals surface area contributed by atoms with Gasteiger partial charge in [-0.15, -0.1) is 0 Å². The molecule has 1 aliphatic heterocycles. The lowest BCUT2D eigenvalue weighted by atomic mass is 10.1. The molecule has 0 saturated carbocycles. The third-order valence-corrected chi connectivity index (χ3v) is 4.82. The third kappa shape index (κ3) is 3.35. The van der Waals surface area contributed by atoms with Gasteiger partial charge >= 0.3 is 0 Å². The number of para-hydroxylation sites is 1. The van der Waals surface area contributed by atoms with Crippen LogP contribution >= 0.6 is 0 Å². The van der Waals surface area contributed by atoms with Crippen molar-refractivity contribution in [3.63, 3.8) is 0 Å². The van der Waals surface area contributed by atoms with Crippen molar-refractivity contribution in [1.82, 2.24) is 10.1 Å². The van der Waals surface area contributed by atoms with Crippen molar-refractivity contribution >= 4 is 11.6 Å². The Labute approximate surface area is 161 Å². The lowest BCUT2D eigenvalue weighted by Gasteiger charge is -2.16. The molecule has 4 rings (SSSR count). The fourth-order valence-corrected chi connectivity index (χ4v) is 3.31. The van der Waals surface area contributed by atoms with E-state index in [1.807, 2.05) is 31.2 Å². The van der Waals surface area contributed by atoms with Crippen LogP contribution in [0.5, 0.6) is 5.75 Å². The van der Waals surface area contributed by atoms with Crippen molar-refractivity contribution in [2.75, 3.05) is 18.1 Å². The van der Waals surface area contributed by atoms with E-state index in [9.17, 15) is 9.18 Å². The number of halogens is 1. The van der Waals surface area contributed by atoms with Crippen molar-refractivity contribution in [2.24, 2.45) is 0 Å². The van der Waals surface area contributed by atoms with Gasteiger partial charge in [0.05, 0.1) is 12.2 Å². The Morgan fingerprint density at radius 2 is 2.11 bits per heavy atom. The summed E-state index contributed by atoms with van der Waals surface area (Å²) in [6, 6.07) is 12.2. The zero-order chi connectivity index (χ0) is 19.7. The number of anilines is 1. The maximum atomic E-state index is 13.9. The highest BCUT2D eigenvalue weighted by Gasteiger charge is 2.35. The fraction of sp³-hybridized carbons (Fsp3) is 0.286. The molecule has 1 aliphatic rings. The molecule has 0 N–H and O–H groups in total. The van der Waals surface area contributed by atoms with Crippen LogP contribution in [0.1, 0.15) is 30.7 Å². The van der Waals surface area contributed by atoms with Gasteiger partial charge in [-0.25, -0.2) is 4.39 Å². The van der Waals surface area contributed by atoms with Crippen molar-refractivity contribution in [3.8, 4) is 17.2 Å². The summed E-state index contributed by atoms with van der Waals surface area (Å²) in [6.45, 7) is 4.50. The zero-order valence-corrected chi connectivity index (χ0v) is 15.7. The Bertz CT molecular complexity index is 1020. The summed E-state index contributed by atoms with van der Waals surface area (Å²) in [5.74, 6) is 0.849. The maximum Gasteiger partial charge on any atom is 0.261 e. The van der Waals surface area contributed by atoms with Gasteiger partial charge in [0.25, 0.3) is 5.89 Å².